The summed E-state index contributed by atoms with van der Waals surface area (Å²) in [5.74, 6) is 1.94. The molecule has 1 aliphatic heterocycles. The Morgan fingerprint density at radius 2 is 1.95 bits per heavy atom. The predicted octanol–water partition coefficient (Wildman–Crippen LogP) is 3.18. The topological polar surface area (TPSA) is 41.9 Å². The van der Waals surface area contributed by atoms with E-state index in [0.717, 1.165) is 22.9 Å². The van der Waals surface area contributed by atoms with Gasteiger partial charge in [0.25, 0.3) is 0 Å². The first-order valence-corrected chi connectivity index (χ1v) is 7.69. The molecule has 0 N–H and O–H groups in total. The standard InChI is InChI=1S/C16H20N4/c1-11-10-12-4-2-3-5-14(12)20(11)15-7-6-13-16(19-15)18-9-8-17-13/h6-9,11-12,14H,2-5,10H2,1H3. The summed E-state index contributed by atoms with van der Waals surface area (Å²) in [6.45, 7) is 2.33. The van der Waals surface area contributed by atoms with E-state index in [2.05, 4.69) is 27.9 Å². The van der Waals surface area contributed by atoms with Gasteiger partial charge < -0.3 is 4.90 Å². The number of fused-ring (bicyclic) bond motifs is 2. The Morgan fingerprint density at radius 1 is 1.10 bits per heavy atom. The fourth-order valence-electron chi connectivity index (χ4n) is 4.09. The maximum absolute atomic E-state index is 4.75. The molecule has 4 nitrogen and oxygen atoms in total. The molecule has 1 aliphatic carbocycles. The second-order valence-electron chi connectivity index (χ2n) is 6.17. The lowest BCUT2D eigenvalue weighted by molar-refractivity contribution is 0.341. The molecule has 2 aromatic rings. The molecule has 2 fully saturated rings. The van der Waals surface area contributed by atoms with Gasteiger partial charge in [0.05, 0.1) is 0 Å². The first-order chi connectivity index (χ1) is 9.83. The summed E-state index contributed by atoms with van der Waals surface area (Å²) in [4.78, 5) is 15.9. The number of hydrogen-bond donors (Lipinski definition) is 0. The molecule has 4 heteroatoms. The van der Waals surface area contributed by atoms with Crippen molar-refractivity contribution in [3.8, 4) is 0 Å². The third-order valence-corrected chi connectivity index (χ3v) is 4.93. The van der Waals surface area contributed by atoms with Gasteiger partial charge in [-0.25, -0.2) is 9.97 Å². The Balaban J connectivity index is 1.73. The van der Waals surface area contributed by atoms with Crippen LogP contribution in [0.5, 0.6) is 0 Å². The second kappa shape index (κ2) is 4.69. The molecule has 3 heterocycles. The monoisotopic (exact) mass is 268 g/mol. The van der Waals surface area contributed by atoms with E-state index in [-0.39, 0.29) is 0 Å². The summed E-state index contributed by atoms with van der Waals surface area (Å²) in [7, 11) is 0. The largest absolute Gasteiger partial charge is 0.351 e. The van der Waals surface area contributed by atoms with Gasteiger partial charge in [0.2, 0.25) is 0 Å². The lowest BCUT2D eigenvalue weighted by Gasteiger charge is -2.34. The zero-order valence-corrected chi connectivity index (χ0v) is 11.9. The molecular weight excluding hydrogens is 248 g/mol. The van der Waals surface area contributed by atoms with Crippen molar-refractivity contribution >= 4 is 17.0 Å². The Labute approximate surface area is 119 Å². The van der Waals surface area contributed by atoms with Crippen LogP contribution < -0.4 is 4.90 Å². The maximum Gasteiger partial charge on any atom is 0.180 e. The predicted molar refractivity (Wildman–Crippen MR) is 79.6 cm³/mol. The van der Waals surface area contributed by atoms with Gasteiger partial charge in [-0.2, -0.15) is 0 Å². The van der Waals surface area contributed by atoms with E-state index < -0.39 is 0 Å². The quantitative estimate of drug-likeness (QED) is 0.796. The van der Waals surface area contributed by atoms with Crippen molar-refractivity contribution in [3.63, 3.8) is 0 Å². The zero-order valence-electron chi connectivity index (χ0n) is 11.9. The van der Waals surface area contributed by atoms with Gasteiger partial charge in [0, 0.05) is 24.5 Å². The lowest BCUT2D eigenvalue weighted by Crippen LogP contribution is -2.38. The first kappa shape index (κ1) is 12.1. The lowest BCUT2D eigenvalue weighted by atomic mass is 9.85. The molecule has 1 saturated heterocycles. The van der Waals surface area contributed by atoms with E-state index in [0.29, 0.717) is 12.1 Å². The highest BCUT2D eigenvalue weighted by molar-refractivity contribution is 5.72. The van der Waals surface area contributed by atoms with Crippen molar-refractivity contribution in [1.82, 2.24) is 15.0 Å². The summed E-state index contributed by atoms with van der Waals surface area (Å²) in [6.07, 6.45) is 10.2. The molecule has 4 rings (SSSR count). The van der Waals surface area contributed by atoms with E-state index in [1.54, 1.807) is 12.4 Å². The molecular formula is C16H20N4. The minimum Gasteiger partial charge on any atom is -0.351 e. The van der Waals surface area contributed by atoms with Crippen LogP contribution >= 0.6 is 0 Å². The van der Waals surface area contributed by atoms with Crippen molar-refractivity contribution in [3.05, 3.63) is 24.5 Å². The van der Waals surface area contributed by atoms with E-state index in [1.807, 2.05) is 6.07 Å². The van der Waals surface area contributed by atoms with Crippen LogP contribution in [0, 0.1) is 5.92 Å². The molecule has 20 heavy (non-hydrogen) atoms. The summed E-state index contributed by atoms with van der Waals surface area (Å²) >= 11 is 0. The van der Waals surface area contributed by atoms with E-state index in [4.69, 9.17) is 4.98 Å². The average Bonchev–Trinajstić information content (AvgIpc) is 2.82. The van der Waals surface area contributed by atoms with Crippen molar-refractivity contribution in [2.75, 3.05) is 4.90 Å². The van der Waals surface area contributed by atoms with Gasteiger partial charge in [0.1, 0.15) is 11.3 Å². The van der Waals surface area contributed by atoms with Crippen LogP contribution in [0.1, 0.15) is 39.0 Å². The van der Waals surface area contributed by atoms with Crippen molar-refractivity contribution in [2.24, 2.45) is 5.92 Å². The van der Waals surface area contributed by atoms with Crippen LogP contribution in [-0.4, -0.2) is 27.0 Å². The second-order valence-corrected chi connectivity index (χ2v) is 6.17. The molecule has 2 aliphatic rings. The van der Waals surface area contributed by atoms with Gasteiger partial charge in [-0.1, -0.05) is 12.8 Å². The van der Waals surface area contributed by atoms with Crippen LogP contribution in [0.15, 0.2) is 24.5 Å². The highest BCUT2D eigenvalue weighted by atomic mass is 15.3. The summed E-state index contributed by atoms with van der Waals surface area (Å²) < 4.78 is 0. The Kier molecular flexibility index (Phi) is 2.83. The van der Waals surface area contributed by atoms with E-state index >= 15 is 0 Å². The number of nitrogens with zero attached hydrogens (tertiary/aromatic N) is 4. The smallest absolute Gasteiger partial charge is 0.180 e. The van der Waals surface area contributed by atoms with Gasteiger partial charge in [-0.15, -0.1) is 0 Å². The number of hydrogen-bond acceptors (Lipinski definition) is 4. The number of anilines is 1. The average molecular weight is 268 g/mol. The SMILES string of the molecule is CC1CC2CCCCC2N1c1ccc2nccnc2n1. The Bertz CT molecular complexity index is 627. The fraction of sp³-hybridized carbons (Fsp3) is 0.562. The summed E-state index contributed by atoms with van der Waals surface area (Å²) in [5.41, 5.74) is 1.64. The molecule has 1 saturated carbocycles. The fourth-order valence-corrected chi connectivity index (χ4v) is 4.09. The van der Waals surface area contributed by atoms with E-state index in [9.17, 15) is 0 Å². The van der Waals surface area contributed by atoms with E-state index in [1.165, 1.54) is 32.1 Å². The summed E-state index contributed by atoms with van der Waals surface area (Å²) in [5, 5.41) is 0. The molecule has 0 radical (unpaired) electrons. The van der Waals surface area contributed by atoms with Crippen molar-refractivity contribution < 1.29 is 0 Å². The zero-order chi connectivity index (χ0) is 13.5. The molecule has 104 valence electrons. The molecule has 0 bridgehead atoms. The van der Waals surface area contributed by atoms with Gasteiger partial charge in [0.15, 0.2) is 5.65 Å². The molecule has 0 aromatic carbocycles. The van der Waals surface area contributed by atoms with Gasteiger partial charge >= 0.3 is 0 Å². The highest BCUT2D eigenvalue weighted by Gasteiger charge is 2.40. The minimum absolute atomic E-state index is 0.588. The summed E-state index contributed by atoms with van der Waals surface area (Å²) in [6, 6.07) is 5.43. The first-order valence-electron chi connectivity index (χ1n) is 7.69. The highest BCUT2D eigenvalue weighted by Crippen LogP contribution is 2.41. The molecule has 0 amide bonds. The number of rotatable bonds is 1. The van der Waals surface area contributed by atoms with Crippen LogP contribution in [0.2, 0.25) is 0 Å². The Morgan fingerprint density at radius 3 is 2.90 bits per heavy atom. The minimum atomic E-state index is 0.588. The normalized spacial score (nSPS) is 29.6. The van der Waals surface area contributed by atoms with Crippen LogP contribution in [0.3, 0.4) is 0 Å². The Hall–Kier alpha value is -1.71. The van der Waals surface area contributed by atoms with Gasteiger partial charge in [-0.05, 0) is 44.2 Å². The van der Waals surface area contributed by atoms with Crippen molar-refractivity contribution in [1.29, 1.82) is 0 Å². The third kappa shape index (κ3) is 1.86. The third-order valence-electron chi connectivity index (χ3n) is 4.93. The molecule has 3 atom stereocenters. The maximum atomic E-state index is 4.75. The number of aromatic nitrogens is 3. The number of pyridine rings is 1. The van der Waals surface area contributed by atoms with Gasteiger partial charge in [-0.3, -0.25) is 4.98 Å². The van der Waals surface area contributed by atoms with Crippen LogP contribution in [0.25, 0.3) is 11.2 Å². The van der Waals surface area contributed by atoms with Crippen LogP contribution in [-0.2, 0) is 0 Å². The molecule has 3 unspecified atom stereocenters. The van der Waals surface area contributed by atoms with Crippen molar-refractivity contribution in [2.45, 2.75) is 51.1 Å². The molecule has 2 aromatic heterocycles. The molecule has 0 spiro atoms. The van der Waals surface area contributed by atoms with Crippen LogP contribution in [0.4, 0.5) is 5.82 Å².